The zero-order valence-electron chi connectivity index (χ0n) is 12.6. The SMILES string of the molecule is CC1C(=O)N(CCCN2CCCC2CO)CCN1C(=O)O. The predicted octanol–water partition coefficient (Wildman–Crippen LogP) is 0.0439. The summed E-state index contributed by atoms with van der Waals surface area (Å²) in [6.07, 6.45) is 2.00. The van der Waals surface area contributed by atoms with E-state index in [0.717, 1.165) is 32.4 Å². The second-order valence-corrected chi connectivity index (χ2v) is 5.85. The van der Waals surface area contributed by atoms with E-state index in [1.165, 1.54) is 4.90 Å². The molecule has 2 aliphatic heterocycles. The Labute approximate surface area is 125 Å². The van der Waals surface area contributed by atoms with Crippen LogP contribution in [0.5, 0.6) is 0 Å². The smallest absolute Gasteiger partial charge is 0.408 e. The number of hydrogen-bond donors (Lipinski definition) is 2. The van der Waals surface area contributed by atoms with Gasteiger partial charge in [0.1, 0.15) is 6.04 Å². The average Bonchev–Trinajstić information content (AvgIpc) is 2.90. The molecule has 2 heterocycles. The molecule has 2 aliphatic rings. The molecule has 2 saturated heterocycles. The largest absolute Gasteiger partial charge is 0.465 e. The van der Waals surface area contributed by atoms with E-state index in [4.69, 9.17) is 5.11 Å². The van der Waals surface area contributed by atoms with Crippen LogP contribution in [0.25, 0.3) is 0 Å². The third-order valence-corrected chi connectivity index (χ3v) is 4.58. The number of carbonyl (C=O) groups is 2. The number of carbonyl (C=O) groups excluding carboxylic acids is 1. The van der Waals surface area contributed by atoms with Gasteiger partial charge in [-0.05, 0) is 32.7 Å². The van der Waals surface area contributed by atoms with Gasteiger partial charge in [0.25, 0.3) is 0 Å². The molecular weight excluding hydrogens is 274 g/mol. The van der Waals surface area contributed by atoms with Gasteiger partial charge in [0.15, 0.2) is 0 Å². The molecule has 0 aromatic rings. The number of hydrogen-bond acceptors (Lipinski definition) is 4. The number of piperazine rings is 1. The lowest BCUT2D eigenvalue weighted by atomic mass is 10.1. The molecule has 2 rings (SSSR count). The summed E-state index contributed by atoms with van der Waals surface area (Å²) in [5, 5.41) is 18.3. The third-order valence-electron chi connectivity index (χ3n) is 4.58. The number of nitrogens with zero attached hydrogens (tertiary/aromatic N) is 3. The number of aliphatic hydroxyl groups excluding tert-OH is 1. The Bertz CT molecular complexity index is 390. The molecule has 2 fully saturated rings. The minimum Gasteiger partial charge on any atom is -0.465 e. The maximum absolute atomic E-state index is 12.2. The summed E-state index contributed by atoms with van der Waals surface area (Å²) in [5.74, 6) is -0.108. The van der Waals surface area contributed by atoms with Crippen LogP contribution in [0.15, 0.2) is 0 Å². The molecule has 2 atom stereocenters. The molecule has 2 N–H and O–H groups in total. The molecule has 0 bridgehead atoms. The van der Waals surface area contributed by atoms with Crippen molar-refractivity contribution in [2.24, 2.45) is 0 Å². The summed E-state index contributed by atoms with van der Waals surface area (Å²) in [6.45, 7) is 5.25. The van der Waals surface area contributed by atoms with Crippen molar-refractivity contribution in [1.29, 1.82) is 0 Å². The van der Waals surface area contributed by atoms with Crippen LogP contribution in [0.1, 0.15) is 26.2 Å². The predicted molar refractivity (Wildman–Crippen MR) is 77.1 cm³/mol. The van der Waals surface area contributed by atoms with Crippen molar-refractivity contribution in [2.45, 2.75) is 38.3 Å². The van der Waals surface area contributed by atoms with E-state index in [2.05, 4.69) is 4.90 Å². The zero-order valence-corrected chi connectivity index (χ0v) is 12.6. The van der Waals surface area contributed by atoms with Crippen LogP contribution in [-0.4, -0.2) is 88.3 Å². The van der Waals surface area contributed by atoms with Crippen molar-refractivity contribution in [1.82, 2.24) is 14.7 Å². The second kappa shape index (κ2) is 7.09. The highest BCUT2D eigenvalue weighted by molar-refractivity contribution is 5.86. The van der Waals surface area contributed by atoms with Crippen LogP contribution in [0.2, 0.25) is 0 Å². The summed E-state index contributed by atoms with van der Waals surface area (Å²) in [5.41, 5.74) is 0. The van der Waals surface area contributed by atoms with Gasteiger partial charge < -0.3 is 15.1 Å². The fourth-order valence-corrected chi connectivity index (χ4v) is 3.27. The maximum atomic E-state index is 12.2. The highest BCUT2D eigenvalue weighted by Gasteiger charge is 2.34. The van der Waals surface area contributed by atoms with Crippen molar-refractivity contribution in [3.05, 3.63) is 0 Å². The lowest BCUT2D eigenvalue weighted by Crippen LogP contribution is -2.57. The van der Waals surface area contributed by atoms with E-state index in [1.54, 1.807) is 11.8 Å². The van der Waals surface area contributed by atoms with Crippen LogP contribution in [0, 0.1) is 0 Å². The average molecular weight is 299 g/mol. The second-order valence-electron chi connectivity index (χ2n) is 5.85. The molecule has 2 amide bonds. The topological polar surface area (TPSA) is 84.3 Å². The minimum absolute atomic E-state index is 0.108. The molecule has 0 spiro atoms. The molecular formula is C14H25N3O4. The van der Waals surface area contributed by atoms with E-state index < -0.39 is 12.1 Å². The van der Waals surface area contributed by atoms with E-state index in [-0.39, 0.29) is 18.6 Å². The fraction of sp³-hybridized carbons (Fsp3) is 0.857. The first-order valence-electron chi connectivity index (χ1n) is 7.68. The van der Waals surface area contributed by atoms with E-state index >= 15 is 0 Å². The Kier molecular flexibility index (Phi) is 5.41. The number of rotatable bonds is 5. The van der Waals surface area contributed by atoms with Gasteiger partial charge in [-0.3, -0.25) is 14.6 Å². The molecule has 7 heteroatoms. The molecule has 120 valence electrons. The van der Waals surface area contributed by atoms with E-state index in [0.29, 0.717) is 19.6 Å². The molecule has 0 aromatic carbocycles. The van der Waals surface area contributed by atoms with Crippen molar-refractivity contribution in [2.75, 3.05) is 39.3 Å². The van der Waals surface area contributed by atoms with Crippen molar-refractivity contribution >= 4 is 12.0 Å². The van der Waals surface area contributed by atoms with Crippen LogP contribution in [0.4, 0.5) is 4.79 Å². The van der Waals surface area contributed by atoms with Crippen molar-refractivity contribution in [3.63, 3.8) is 0 Å². The Hall–Kier alpha value is -1.34. The van der Waals surface area contributed by atoms with Gasteiger partial charge in [-0.1, -0.05) is 0 Å². The summed E-state index contributed by atoms with van der Waals surface area (Å²) in [4.78, 5) is 28.4. The standard InChI is InChI=1S/C14H25N3O4/c1-11-13(19)16(8-9-17(11)14(20)21)7-3-6-15-5-2-4-12(15)10-18/h11-12,18H,2-10H2,1H3,(H,20,21). The first-order chi connectivity index (χ1) is 10.0. The summed E-state index contributed by atoms with van der Waals surface area (Å²) in [6, 6.07) is -0.322. The highest BCUT2D eigenvalue weighted by Crippen LogP contribution is 2.17. The molecule has 0 saturated carbocycles. The molecule has 7 nitrogen and oxygen atoms in total. The van der Waals surface area contributed by atoms with Crippen molar-refractivity contribution in [3.8, 4) is 0 Å². The first kappa shape index (κ1) is 16.0. The number of amides is 2. The van der Waals surface area contributed by atoms with Crippen LogP contribution in [-0.2, 0) is 4.79 Å². The number of aliphatic hydroxyl groups is 1. The normalized spacial score (nSPS) is 27.4. The Morgan fingerprint density at radius 3 is 2.71 bits per heavy atom. The van der Waals surface area contributed by atoms with Gasteiger partial charge in [-0.25, -0.2) is 4.79 Å². The molecule has 21 heavy (non-hydrogen) atoms. The van der Waals surface area contributed by atoms with Gasteiger partial charge in [0.05, 0.1) is 6.61 Å². The van der Waals surface area contributed by atoms with Crippen LogP contribution >= 0.6 is 0 Å². The number of carboxylic acid groups (broad SMARTS) is 1. The molecule has 0 aromatic heterocycles. The van der Waals surface area contributed by atoms with E-state index in [9.17, 15) is 14.7 Å². The van der Waals surface area contributed by atoms with E-state index in [1.807, 2.05) is 0 Å². The monoisotopic (exact) mass is 299 g/mol. The maximum Gasteiger partial charge on any atom is 0.408 e. The summed E-state index contributed by atoms with van der Waals surface area (Å²) in [7, 11) is 0. The summed E-state index contributed by atoms with van der Waals surface area (Å²) >= 11 is 0. The van der Waals surface area contributed by atoms with Crippen LogP contribution in [0.3, 0.4) is 0 Å². The molecule has 0 aliphatic carbocycles. The quantitative estimate of drug-likeness (QED) is 0.749. The fourth-order valence-electron chi connectivity index (χ4n) is 3.27. The lowest BCUT2D eigenvalue weighted by Gasteiger charge is -2.37. The van der Waals surface area contributed by atoms with Crippen LogP contribution < -0.4 is 0 Å². The van der Waals surface area contributed by atoms with Gasteiger partial charge >= 0.3 is 6.09 Å². The summed E-state index contributed by atoms with van der Waals surface area (Å²) < 4.78 is 0. The van der Waals surface area contributed by atoms with Gasteiger partial charge in [-0.2, -0.15) is 0 Å². The Morgan fingerprint density at radius 2 is 2.05 bits per heavy atom. The van der Waals surface area contributed by atoms with Gasteiger partial charge in [0, 0.05) is 32.2 Å². The Balaban J connectivity index is 1.76. The van der Waals surface area contributed by atoms with Gasteiger partial charge in [-0.15, -0.1) is 0 Å². The Morgan fingerprint density at radius 1 is 1.29 bits per heavy atom. The zero-order chi connectivity index (χ0) is 15.4. The lowest BCUT2D eigenvalue weighted by molar-refractivity contribution is -0.139. The molecule has 2 unspecified atom stereocenters. The number of likely N-dealkylation sites (tertiary alicyclic amines) is 1. The minimum atomic E-state index is -1.03. The van der Waals surface area contributed by atoms with Crippen molar-refractivity contribution < 1.29 is 19.8 Å². The first-order valence-corrected chi connectivity index (χ1v) is 7.68. The highest BCUT2D eigenvalue weighted by atomic mass is 16.4. The third kappa shape index (κ3) is 3.65. The van der Waals surface area contributed by atoms with Gasteiger partial charge in [0.2, 0.25) is 5.91 Å². The molecule has 0 radical (unpaired) electrons.